The molecule has 11 heteroatoms. The van der Waals surface area contributed by atoms with Gasteiger partial charge in [-0.3, -0.25) is 0 Å². The second-order valence-corrected chi connectivity index (χ2v) is 8.48. The third kappa shape index (κ3) is 4.57. The van der Waals surface area contributed by atoms with E-state index in [2.05, 4.69) is 9.17 Å². The second-order valence-electron chi connectivity index (χ2n) is 6.94. The number of nitrogens with zero attached hydrogens (tertiary/aromatic N) is 2. The fraction of sp³-hybridized carbons (Fsp3) is 0.600. The highest BCUT2D eigenvalue weighted by Crippen LogP contribution is 2.31. The minimum Gasteiger partial charge on any atom is -0.444 e. The average Bonchev–Trinajstić information content (AvgIpc) is 2.44. The first-order valence-electron chi connectivity index (χ1n) is 7.68. The predicted molar refractivity (Wildman–Crippen MR) is 84.9 cm³/mol. The first-order valence-corrected chi connectivity index (χ1v) is 9.09. The summed E-state index contributed by atoms with van der Waals surface area (Å²) in [5.74, 6) is -1.01. The number of hydrogen-bond acceptors (Lipinski definition) is 6. The Morgan fingerprint density at radius 2 is 1.88 bits per heavy atom. The van der Waals surface area contributed by atoms with Crippen molar-refractivity contribution < 1.29 is 35.3 Å². The van der Waals surface area contributed by atoms with Crippen LogP contribution < -0.4 is 4.18 Å². The van der Waals surface area contributed by atoms with E-state index in [-0.39, 0.29) is 19.0 Å². The molecule has 2 heterocycles. The lowest BCUT2D eigenvalue weighted by Crippen LogP contribution is -2.41. The molecule has 1 aliphatic heterocycles. The quantitative estimate of drug-likeness (QED) is 0.564. The smallest absolute Gasteiger partial charge is 0.444 e. The van der Waals surface area contributed by atoms with Crippen molar-refractivity contribution >= 4 is 16.2 Å². The lowest BCUT2D eigenvalue weighted by atomic mass is 9.97. The van der Waals surface area contributed by atoms with Crippen molar-refractivity contribution in [3.05, 3.63) is 23.4 Å². The lowest BCUT2D eigenvalue weighted by Gasteiger charge is -2.33. The van der Waals surface area contributed by atoms with Gasteiger partial charge in [0.1, 0.15) is 5.60 Å². The molecule has 26 heavy (non-hydrogen) atoms. The lowest BCUT2D eigenvalue weighted by molar-refractivity contribution is -0.0501. The molecule has 0 saturated heterocycles. The fourth-order valence-electron chi connectivity index (χ4n) is 2.40. The zero-order valence-corrected chi connectivity index (χ0v) is 15.4. The van der Waals surface area contributed by atoms with E-state index in [0.717, 1.165) is 6.07 Å². The summed E-state index contributed by atoms with van der Waals surface area (Å²) in [4.78, 5) is 17.5. The van der Waals surface area contributed by atoms with Gasteiger partial charge in [-0.05, 0) is 32.4 Å². The molecule has 7 nitrogen and oxygen atoms in total. The summed E-state index contributed by atoms with van der Waals surface area (Å²) in [5.41, 5.74) is -5.25. The van der Waals surface area contributed by atoms with Crippen LogP contribution in [0.2, 0.25) is 0 Å². The van der Waals surface area contributed by atoms with E-state index in [0.29, 0.717) is 11.3 Å². The van der Waals surface area contributed by atoms with Gasteiger partial charge < -0.3 is 13.8 Å². The molecule has 146 valence electrons. The number of fused-ring (bicyclic) bond motifs is 1. The van der Waals surface area contributed by atoms with Crippen LogP contribution in [0.5, 0.6) is 5.88 Å². The van der Waals surface area contributed by atoms with Crippen LogP contribution in [-0.2, 0) is 21.4 Å². The van der Waals surface area contributed by atoms with Crippen LogP contribution in [-0.4, -0.2) is 42.0 Å². The number of amides is 1. The monoisotopic (exact) mass is 396 g/mol. The first kappa shape index (κ1) is 20.3. The van der Waals surface area contributed by atoms with Crippen LogP contribution in [0.3, 0.4) is 0 Å². The first-order chi connectivity index (χ1) is 11.7. The van der Waals surface area contributed by atoms with Crippen LogP contribution in [0, 0.1) is 0 Å². The van der Waals surface area contributed by atoms with Gasteiger partial charge in [0.05, 0.1) is 12.2 Å². The zero-order chi connectivity index (χ0) is 19.9. The van der Waals surface area contributed by atoms with Gasteiger partial charge in [-0.2, -0.15) is 21.6 Å². The molecule has 0 aromatic carbocycles. The molecular formula is C15H19F3N2O5S. The van der Waals surface area contributed by atoms with Crippen molar-refractivity contribution in [1.29, 1.82) is 0 Å². The van der Waals surface area contributed by atoms with Crippen molar-refractivity contribution in [3.8, 4) is 5.88 Å². The van der Waals surface area contributed by atoms with Gasteiger partial charge in [-0.1, -0.05) is 6.92 Å². The molecule has 1 aliphatic rings. The van der Waals surface area contributed by atoms with Crippen LogP contribution in [0.4, 0.5) is 18.0 Å². The molecule has 1 aromatic rings. The van der Waals surface area contributed by atoms with E-state index >= 15 is 0 Å². The highest BCUT2D eigenvalue weighted by atomic mass is 32.2. The van der Waals surface area contributed by atoms with Crippen molar-refractivity contribution in [2.45, 2.75) is 51.3 Å². The number of ether oxygens (including phenoxy) is 1. The molecule has 2 rings (SSSR count). The summed E-state index contributed by atoms with van der Waals surface area (Å²) in [6, 6.07) is 2.41. The fourth-order valence-corrected chi connectivity index (χ4v) is 2.82. The number of halogens is 3. The number of aromatic nitrogens is 1. The maximum atomic E-state index is 12.4. The molecule has 1 atom stereocenters. The summed E-state index contributed by atoms with van der Waals surface area (Å²) in [6.07, 6.45) is -0.519. The Balaban J connectivity index is 2.22. The third-order valence-corrected chi connectivity index (χ3v) is 4.40. The van der Waals surface area contributed by atoms with Crippen molar-refractivity contribution in [1.82, 2.24) is 9.88 Å². The number of hydrogen-bond donors (Lipinski definition) is 0. The van der Waals surface area contributed by atoms with Crippen LogP contribution >= 0.6 is 0 Å². The Bertz CT molecular complexity index is 802. The number of alkyl halides is 3. The van der Waals surface area contributed by atoms with Crippen LogP contribution in [0.25, 0.3) is 0 Å². The number of carbonyl (C=O) groups excluding carboxylic acids is 1. The van der Waals surface area contributed by atoms with Gasteiger partial charge >= 0.3 is 21.7 Å². The largest absolute Gasteiger partial charge is 0.534 e. The third-order valence-electron chi connectivity index (χ3n) is 3.44. The molecule has 0 N–H and O–H groups in total. The standard InChI is InChI=1S/C15H19F3N2O5S/c1-9-7-20(13(21)24-14(2,3)4)8-10-5-6-11(19-12(9)10)25-26(22,23)15(16,17)18/h5-6,9H,7-8H2,1-4H3/t9-/m1/s1. The zero-order valence-electron chi connectivity index (χ0n) is 14.6. The second kappa shape index (κ2) is 6.60. The van der Waals surface area contributed by atoms with Crippen molar-refractivity contribution in [2.24, 2.45) is 0 Å². The van der Waals surface area contributed by atoms with Crippen LogP contribution in [0.15, 0.2) is 12.1 Å². The molecule has 0 spiro atoms. The van der Waals surface area contributed by atoms with E-state index in [9.17, 15) is 26.4 Å². The average molecular weight is 396 g/mol. The normalized spacial score (nSPS) is 18.3. The van der Waals surface area contributed by atoms with Gasteiger partial charge in [0.2, 0.25) is 5.88 Å². The summed E-state index contributed by atoms with van der Waals surface area (Å²) in [7, 11) is -5.79. The molecule has 0 saturated carbocycles. The van der Waals surface area contributed by atoms with E-state index in [4.69, 9.17) is 4.74 Å². The molecular weight excluding hydrogens is 377 g/mol. The van der Waals surface area contributed by atoms with E-state index < -0.39 is 33.2 Å². The Morgan fingerprint density at radius 1 is 1.27 bits per heavy atom. The SMILES string of the molecule is C[C@@H]1CN(C(=O)OC(C)(C)C)Cc2ccc(OS(=O)(=O)C(F)(F)F)nc21. The molecule has 1 aromatic heterocycles. The van der Waals surface area contributed by atoms with Gasteiger partial charge in [-0.15, -0.1) is 0 Å². The Hall–Kier alpha value is -2.04. The van der Waals surface area contributed by atoms with Gasteiger partial charge in [0, 0.05) is 18.5 Å². The highest BCUT2D eigenvalue weighted by molar-refractivity contribution is 7.87. The Morgan fingerprint density at radius 3 is 2.42 bits per heavy atom. The number of rotatable bonds is 2. The summed E-state index contributed by atoms with van der Waals surface area (Å²) in [5, 5.41) is 0. The van der Waals surface area contributed by atoms with Crippen molar-refractivity contribution in [2.75, 3.05) is 6.54 Å². The van der Waals surface area contributed by atoms with E-state index in [1.165, 1.54) is 11.0 Å². The maximum Gasteiger partial charge on any atom is 0.534 e. The molecule has 1 amide bonds. The minimum atomic E-state index is -5.79. The topological polar surface area (TPSA) is 85.8 Å². The number of pyridine rings is 1. The molecule has 0 unspecified atom stereocenters. The van der Waals surface area contributed by atoms with Gasteiger partial charge in [0.25, 0.3) is 0 Å². The minimum absolute atomic E-state index is 0.147. The Labute approximate surface area is 149 Å². The van der Waals surface area contributed by atoms with E-state index in [1.807, 2.05) is 0 Å². The molecule has 0 radical (unpaired) electrons. The van der Waals surface area contributed by atoms with Gasteiger partial charge in [0.15, 0.2) is 0 Å². The molecule has 0 fully saturated rings. The van der Waals surface area contributed by atoms with Crippen LogP contribution in [0.1, 0.15) is 44.9 Å². The summed E-state index contributed by atoms with van der Waals surface area (Å²) in [6.45, 7) is 7.29. The molecule has 0 bridgehead atoms. The predicted octanol–water partition coefficient (Wildman–Crippen LogP) is 3.16. The Kier molecular flexibility index (Phi) is 5.15. The summed E-state index contributed by atoms with van der Waals surface area (Å²) >= 11 is 0. The number of carbonyl (C=O) groups is 1. The van der Waals surface area contributed by atoms with E-state index in [1.54, 1.807) is 27.7 Å². The summed E-state index contributed by atoms with van der Waals surface area (Å²) < 4.78 is 68.8. The maximum absolute atomic E-state index is 12.4. The van der Waals surface area contributed by atoms with Gasteiger partial charge in [-0.25, -0.2) is 9.78 Å². The highest BCUT2D eigenvalue weighted by Gasteiger charge is 2.49. The van der Waals surface area contributed by atoms with Crippen molar-refractivity contribution in [3.63, 3.8) is 0 Å². The molecule has 0 aliphatic carbocycles.